The lowest BCUT2D eigenvalue weighted by atomic mass is 10.9. The van der Waals surface area contributed by atoms with Crippen molar-refractivity contribution in [3.8, 4) is 0 Å². The Morgan fingerprint density at radius 2 is 1.05 bits per heavy atom. The second-order valence-electron chi connectivity index (χ2n) is 3.73. The lowest BCUT2D eigenvalue weighted by Gasteiger charge is -2.31. The summed E-state index contributed by atoms with van der Waals surface area (Å²) in [7, 11) is -12.2. The Morgan fingerprint density at radius 1 is 0.727 bits per heavy atom. The summed E-state index contributed by atoms with van der Waals surface area (Å²) in [4.78, 5) is 0. The maximum Gasteiger partial charge on any atom is 0.511 e. The SMILES string of the molecule is O=S(=O)(N1COCOCN(S(=O)(=O)C(F)(F)F)C1)C(F)(F)F. The van der Waals surface area contributed by atoms with Gasteiger partial charge in [0.1, 0.15) is 20.3 Å². The van der Waals surface area contributed by atoms with Crippen molar-refractivity contribution >= 4 is 20.0 Å². The van der Waals surface area contributed by atoms with Crippen LogP contribution in [0.3, 0.4) is 0 Å². The Labute approximate surface area is 120 Å². The van der Waals surface area contributed by atoms with Gasteiger partial charge < -0.3 is 9.47 Å². The fourth-order valence-electron chi connectivity index (χ4n) is 1.18. The molecule has 22 heavy (non-hydrogen) atoms. The third-order valence-electron chi connectivity index (χ3n) is 2.22. The van der Waals surface area contributed by atoms with Gasteiger partial charge in [0.05, 0.1) is 6.67 Å². The van der Waals surface area contributed by atoms with Crippen molar-refractivity contribution in [2.45, 2.75) is 11.0 Å². The molecule has 1 aliphatic heterocycles. The number of alkyl halides is 6. The van der Waals surface area contributed by atoms with Crippen molar-refractivity contribution < 1.29 is 52.7 Å². The number of hydrogen-bond acceptors (Lipinski definition) is 6. The molecular weight excluding hydrogens is 374 g/mol. The molecule has 0 amide bonds. The van der Waals surface area contributed by atoms with Crippen molar-refractivity contribution in [3.63, 3.8) is 0 Å². The highest BCUT2D eigenvalue weighted by Crippen LogP contribution is 2.30. The fraction of sp³-hybridized carbons (Fsp3) is 1.00. The molecule has 0 aromatic rings. The van der Waals surface area contributed by atoms with Gasteiger partial charge in [-0.1, -0.05) is 0 Å². The van der Waals surface area contributed by atoms with Gasteiger partial charge in [-0.05, 0) is 0 Å². The van der Waals surface area contributed by atoms with E-state index in [4.69, 9.17) is 0 Å². The van der Waals surface area contributed by atoms with E-state index in [0.717, 1.165) is 0 Å². The third-order valence-corrected chi connectivity index (χ3v) is 5.19. The average molecular weight is 382 g/mol. The number of rotatable bonds is 2. The van der Waals surface area contributed by atoms with E-state index in [1.165, 1.54) is 0 Å². The van der Waals surface area contributed by atoms with Gasteiger partial charge >= 0.3 is 31.1 Å². The Kier molecular flexibility index (Phi) is 5.35. The molecule has 0 radical (unpaired) electrons. The van der Waals surface area contributed by atoms with Crippen LogP contribution in [-0.4, -0.2) is 63.4 Å². The van der Waals surface area contributed by atoms with Gasteiger partial charge in [0.2, 0.25) is 0 Å². The van der Waals surface area contributed by atoms with E-state index < -0.39 is 66.6 Å². The monoisotopic (exact) mass is 382 g/mol. The predicted molar refractivity (Wildman–Crippen MR) is 55.3 cm³/mol. The molecule has 1 aliphatic rings. The quantitative estimate of drug-likeness (QED) is 0.632. The summed E-state index contributed by atoms with van der Waals surface area (Å²) in [5.41, 5.74) is -11.7. The highest BCUT2D eigenvalue weighted by atomic mass is 32.2. The number of sulfonamides is 2. The number of nitrogens with zero attached hydrogens (tertiary/aromatic N) is 2. The molecule has 0 saturated carbocycles. The molecule has 8 nitrogen and oxygen atoms in total. The molecule has 1 rings (SSSR count). The van der Waals surface area contributed by atoms with Crippen molar-refractivity contribution in [3.05, 3.63) is 0 Å². The van der Waals surface area contributed by atoms with Crippen LogP contribution < -0.4 is 0 Å². The van der Waals surface area contributed by atoms with Gasteiger partial charge in [-0.2, -0.15) is 35.0 Å². The predicted octanol–water partition coefficient (Wildman–Crippen LogP) is 0.166. The van der Waals surface area contributed by atoms with Gasteiger partial charge in [-0.15, -0.1) is 0 Å². The maximum atomic E-state index is 12.4. The lowest BCUT2D eigenvalue weighted by molar-refractivity contribution is -0.130. The van der Waals surface area contributed by atoms with Gasteiger partial charge in [0.15, 0.2) is 0 Å². The van der Waals surface area contributed by atoms with Gasteiger partial charge in [0.25, 0.3) is 0 Å². The van der Waals surface area contributed by atoms with Gasteiger partial charge in [0, 0.05) is 0 Å². The zero-order chi connectivity index (χ0) is 17.4. The molecule has 132 valence electrons. The minimum Gasteiger partial charge on any atom is -0.339 e. The highest BCUT2D eigenvalue weighted by molar-refractivity contribution is 7.90. The first kappa shape index (κ1) is 19.4. The van der Waals surface area contributed by atoms with Crippen LogP contribution in [0.5, 0.6) is 0 Å². The van der Waals surface area contributed by atoms with Crippen LogP contribution >= 0.6 is 0 Å². The van der Waals surface area contributed by atoms with Crippen molar-refractivity contribution in [1.82, 2.24) is 8.61 Å². The zero-order valence-electron chi connectivity index (χ0n) is 10.3. The second-order valence-corrected chi connectivity index (χ2v) is 7.59. The topological polar surface area (TPSA) is 93.2 Å². The molecule has 1 saturated heterocycles. The molecule has 1 heterocycles. The molecule has 0 spiro atoms. The third kappa shape index (κ3) is 3.80. The maximum absolute atomic E-state index is 12.4. The fourth-order valence-corrected chi connectivity index (χ4v) is 2.85. The first-order chi connectivity index (χ1) is 9.71. The van der Waals surface area contributed by atoms with Gasteiger partial charge in [-0.25, -0.2) is 16.8 Å². The van der Waals surface area contributed by atoms with E-state index in [-0.39, 0.29) is 0 Å². The van der Waals surface area contributed by atoms with Crippen molar-refractivity contribution in [2.75, 3.05) is 26.9 Å². The van der Waals surface area contributed by atoms with Crippen LogP contribution in [0.25, 0.3) is 0 Å². The Bertz CT molecular complexity index is 546. The first-order valence-electron chi connectivity index (χ1n) is 4.99. The molecule has 16 heteroatoms. The van der Waals surface area contributed by atoms with Crippen molar-refractivity contribution in [1.29, 1.82) is 0 Å². The van der Waals surface area contributed by atoms with Crippen LogP contribution in [-0.2, 0) is 29.5 Å². The summed E-state index contributed by atoms with van der Waals surface area (Å²) in [6, 6.07) is 0. The van der Waals surface area contributed by atoms with E-state index in [0.29, 0.717) is 0 Å². The minimum absolute atomic E-state index is 0.598. The second kappa shape index (κ2) is 6.08. The number of halogens is 6. The van der Waals surface area contributed by atoms with Crippen molar-refractivity contribution in [2.24, 2.45) is 0 Å². The van der Waals surface area contributed by atoms with E-state index in [1.807, 2.05) is 0 Å². The standard InChI is InChI=1S/C6H8F6N2O6S2/c7-5(8,9)21(15,16)13-1-14(3-20-4-19-2-13)22(17,18)6(10,11)12/h1-4H2. The van der Waals surface area contributed by atoms with E-state index >= 15 is 0 Å². The first-order valence-corrected chi connectivity index (χ1v) is 7.87. The summed E-state index contributed by atoms with van der Waals surface area (Å²) < 4.78 is 127. The Morgan fingerprint density at radius 3 is 1.32 bits per heavy atom. The lowest BCUT2D eigenvalue weighted by Crippen LogP contribution is -2.53. The molecule has 0 atom stereocenters. The van der Waals surface area contributed by atoms with Crippen LogP contribution in [0.15, 0.2) is 0 Å². The van der Waals surface area contributed by atoms with E-state index in [2.05, 4.69) is 9.47 Å². The molecule has 1 fully saturated rings. The average Bonchev–Trinajstić information content (AvgIpc) is 2.24. The highest BCUT2D eigenvalue weighted by Gasteiger charge is 2.54. The molecule has 0 aromatic heterocycles. The molecule has 0 aromatic carbocycles. The molecule has 0 N–H and O–H groups in total. The van der Waals surface area contributed by atoms with Crippen LogP contribution in [0.1, 0.15) is 0 Å². The van der Waals surface area contributed by atoms with Crippen LogP contribution in [0, 0.1) is 0 Å². The summed E-state index contributed by atoms with van der Waals surface area (Å²) in [6.45, 7) is -5.37. The van der Waals surface area contributed by atoms with E-state index in [1.54, 1.807) is 0 Å². The van der Waals surface area contributed by atoms with Crippen LogP contribution in [0.4, 0.5) is 26.3 Å². The molecule has 0 unspecified atom stereocenters. The normalized spacial score (nSPS) is 21.4. The molecule has 0 bridgehead atoms. The number of ether oxygens (including phenoxy) is 2. The van der Waals surface area contributed by atoms with E-state index in [9.17, 15) is 43.2 Å². The minimum atomic E-state index is -6.10. The summed E-state index contributed by atoms with van der Waals surface area (Å²) in [5.74, 6) is 0. The Balaban J connectivity index is 3.18. The Hall–Kier alpha value is -0.680. The van der Waals surface area contributed by atoms with Gasteiger partial charge in [-0.3, -0.25) is 0 Å². The smallest absolute Gasteiger partial charge is 0.339 e. The largest absolute Gasteiger partial charge is 0.511 e. The zero-order valence-corrected chi connectivity index (χ0v) is 11.9. The summed E-state index contributed by atoms with van der Waals surface area (Å²) >= 11 is 0. The molecule has 0 aliphatic carbocycles. The molecular formula is C6H8F6N2O6S2. The summed E-state index contributed by atoms with van der Waals surface area (Å²) in [5, 5.41) is 0. The number of hydrogen-bond donors (Lipinski definition) is 0. The summed E-state index contributed by atoms with van der Waals surface area (Å²) in [6.07, 6.45) is 0. The van der Waals surface area contributed by atoms with Crippen LogP contribution in [0.2, 0.25) is 0 Å².